The summed E-state index contributed by atoms with van der Waals surface area (Å²) in [5.74, 6) is 0.902. The van der Waals surface area contributed by atoms with E-state index in [1.54, 1.807) is 0 Å². The molecule has 12 heavy (non-hydrogen) atoms. The maximum absolute atomic E-state index is 3.48. The highest BCUT2D eigenvalue weighted by atomic mass is 15.5. The van der Waals surface area contributed by atoms with Gasteiger partial charge in [-0.25, -0.2) is 5.43 Å². The molecule has 2 saturated heterocycles. The second-order valence-electron chi connectivity index (χ2n) is 4.37. The predicted molar refractivity (Wildman–Crippen MR) is 47.3 cm³/mol. The highest BCUT2D eigenvalue weighted by Crippen LogP contribution is 2.33. The Hall–Kier alpha value is -0.120. The molecule has 0 amide bonds. The maximum Gasteiger partial charge on any atom is 0.0866 e. The fourth-order valence-corrected chi connectivity index (χ4v) is 2.80. The molecule has 3 rings (SSSR count). The summed E-state index contributed by atoms with van der Waals surface area (Å²) in [5.41, 5.74) is 6.76. The lowest BCUT2D eigenvalue weighted by Gasteiger charge is -2.29. The Labute approximate surface area is 73.3 Å². The van der Waals surface area contributed by atoms with Gasteiger partial charge in [-0.2, -0.15) is 0 Å². The van der Waals surface area contributed by atoms with Crippen LogP contribution < -0.4 is 16.2 Å². The van der Waals surface area contributed by atoms with E-state index < -0.39 is 0 Å². The Morgan fingerprint density at radius 2 is 1.83 bits per heavy atom. The standard InChI is InChI=1S/C9H17N3/c1-2-4-6-7(5-3-1)11-12-9-8(6)10-9/h6-12H,1-5H2. The fourth-order valence-electron chi connectivity index (χ4n) is 2.80. The first-order chi connectivity index (χ1) is 5.95. The highest BCUT2D eigenvalue weighted by molar-refractivity contribution is 5.06. The van der Waals surface area contributed by atoms with Crippen LogP contribution in [0.2, 0.25) is 0 Å². The topological polar surface area (TPSA) is 46.0 Å². The van der Waals surface area contributed by atoms with Gasteiger partial charge in [0.1, 0.15) is 0 Å². The van der Waals surface area contributed by atoms with Gasteiger partial charge in [-0.1, -0.05) is 19.3 Å². The minimum Gasteiger partial charge on any atom is -0.293 e. The highest BCUT2D eigenvalue weighted by Gasteiger charge is 2.48. The van der Waals surface area contributed by atoms with E-state index in [-0.39, 0.29) is 0 Å². The van der Waals surface area contributed by atoms with E-state index in [9.17, 15) is 0 Å². The quantitative estimate of drug-likeness (QED) is 0.456. The molecule has 4 unspecified atom stereocenters. The van der Waals surface area contributed by atoms with Gasteiger partial charge in [-0.05, 0) is 18.8 Å². The summed E-state index contributed by atoms with van der Waals surface area (Å²) in [4.78, 5) is 0. The number of hydrazine groups is 1. The average molecular weight is 167 g/mol. The third kappa shape index (κ3) is 1.08. The molecule has 2 heterocycles. The van der Waals surface area contributed by atoms with Gasteiger partial charge in [-0.3, -0.25) is 10.7 Å². The summed E-state index contributed by atoms with van der Waals surface area (Å²) in [5, 5.41) is 3.48. The maximum atomic E-state index is 3.48. The van der Waals surface area contributed by atoms with Crippen molar-refractivity contribution in [2.75, 3.05) is 0 Å². The van der Waals surface area contributed by atoms with Crippen LogP contribution in [0.15, 0.2) is 0 Å². The van der Waals surface area contributed by atoms with Crippen LogP contribution in [0.5, 0.6) is 0 Å². The average Bonchev–Trinajstić information content (AvgIpc) is 2.87. The predicted octanol–water partition coefficient (Wildman–Crippen LogP) is 0.341. The Morgan fingerprint density at radius 3 is 2.83 bits per heavy atom. The van der Waals surface area contributed by atoms with Crippen molar-refractivity contribution in [3.05, 3.63) is 0 Å². The Kier molecular flexibility index (Phi) is 1.63. The zero-order chi connectivity index (χ0) is 7.97. The van der Waals surface area contributed by atoms with Crippen LogP contribution >= 0.6 is 0 Å². The van der Waals surface area contributed by atoms with Crippen LogP contribution in [-0.4, -0.2) is 18.2 Å². The van der Waals surface area contributed by atoms with Crippen molar-refractivity contribution in [3.8, 4) is 0 Å². The normalized spacial score (nSPS) is 52.0. The summed E-state index contributed by atoms with van der Waals surface area (Å²) >= 11 is 0. The van der Waals surface area contributed by atoms with E-state index in [0.29, 0.717) is 6.17 Å². The Morgan fingerprint density at radius 1 is 0.917 bits per heavy atom. The van der Waals surface area contributed by atoms with E-state index in [0.717, 1.165) is 18.0 Å². The molecule has 4 atom stereocenters. The van der Waals surface area contributed by atoms with Gasteiger partial charge >= 0.3 is 0 Å². The molecule has 0 aromatic heterocycles. The zero-order valence-corrected chi connectivity index (χ0v) is 7.34. The van der Waals surface area contributed by atoms with Gasteiger partial charge in [0, 0.05) is 12.1 Å². The number of nitrogens with one attached hydrogen (secondary N) is 3. The van der Waals surface area contributed by atoms with Crippen molar-refractivity contribution < 1.29 is 0 Å². The van der Waals surface area contributed by atoms with Gasteiger partial charge < -0.3 is 0 Å². The first-order valence-corrected chi connectivity index (χ1v) is 5.22. The molecule has 0 aromatic carbocycles. The lowest BCUT2D eigenvalue weighted by Crippen LogP contribution is -2.52. The van der Waals surface area contributed by atoms with Crippen LogP contribution in [0, 0.1) is 5.92 Å². The molecule has 3 heteroatoms. The molecule has 3 nitrogen and oxygen atoms in total. The van der Waals surface area contributed by atoms with Crippen molar-refractivity contribution in [1.29, 1.82) is 0 Å². The number of hydrogen-bond donors (Lipinski definition) is 3. The molecule has 1 saturated carbocycles. The molecular formula is C9H17N3. The SMILES string of the molecule is C1CCC2NNC3NC3C2CC1. The van der Waals surface area contributed by atoms with Crippen molar-refractivity contribution in [1.82, 2.24) is 16.2 Å². The monoisotopic (exact) mass is 167 g/mol. The summed E-state index contributed by atoms with van der Waals surface area (Å²) < 4.78 is 0. The minimum atomic E-state index is 0.587. The van der Waals surface area contributed by atoms with Gasteiger partial charge in [0.15, 0.2) is 0 Å². The minimum absolute atomic E-state index is 0.587. The van der Waals surface area contributed by atoms with Crippen molar-refractivity contribution >= 4 is 0 Å². The van der Waals surface area contributed by atoms with Crippen LogP contribution in [0.4, 0.5) is 0 Å². The van der Waals surface area contributed by atoms with E-state index in [2.05, 4.69) is 16.2 Å². The third-order valence-electron chi connectivity index (χ3n) is 3.58. The van der Waals surface area contributed by atoms with Crippen LogP contribution in [-0.2, 0) is 0 Å². The fraction of sp³-hybridized carbons (Fsp3) is 1.00. The number of fused-ring (bicyclic) bond motifs is 3. The molecule has 0 radical (unpaired) electrons. The molecule has 2 aliphatic heterocycles. The van der Waals surface area contributed by atoms with Crippen LogP contribution in [0.3, 0.4) is 0 Å². The van der Waals surface area contributed by atoms with E-state index in [1.165, 1.54) is 32.1 Å². The Balaban J connectivity index is 1.74. The van der Waals surface area contributed by atoms with Gasteiger partial charge in [0.2, 0.25) is 0 Å². The molecule has 3 N–H and O–H groups in total. The molecule has 3 fully saturated rings. The molecule has 1 aliphatic carbocycles. The summed E-state index contributed by atoms with van der Waals surface area (Å²) in [7, 11) is 0. The zero-order valence-electron chi connectivity index (χ0n) is 7.34. The molecular weight excluding hydrogens is 150 g/mol. The molecule has 0 bridgehead atoms. The largest absolute Gasteiger partial charge is 0.293 e. The van der Waals surface area contributed by atoms with Gasteiger partial charge in [-0.15, -0.1) is 0 Å². The van der Waals surface area contributed by atoms with Crippen LogP contribution in [0.25, 0.3) is 0 Å². The lowest BCUT2D eigenvalue weighted by molar-refractivity contribution is 0.251. The third-order valence-corrected chi connectivity index (χ3v) is 3.58. The summed E-state index contributed by atoms with van der Waals surface area (Å²) in [6.45, 7) is 0. The first kappa shape index (κ1) is 7.30. The van der Waals surface area contributed by atoms with Crippen molar-refractivity contribution in [3.63, 3.8) is 0 Å². The van der Waals surface area contributed by atoms with Crippen LogP contribution in [0.1, 0.15) is 32.1 Å². The van der Waals surface area contributed by atoms with Gasteiger partial charge in [0.05, 0.1) is 6.17 Å². The lowest BCUT2D eigenvalue weighted by atomic mass is 9.90. The van der Waals surface area contributed by atoms with E-state index in [4.69, 9.17) is 0 Å². The summed E-state index contributed by atoms with van der Waals surface area (Å²) in [6, 6.07) is 1.53. The molecule has 3 aliphatic rings. The van der Waals surface area contributed by atoms with E-state index >= 15 is 0 Å². The second-order valence-corrected chi connectivity index (χ2v) is 4.37. The van der Waals surface area contributed by atoms with Crippen molar-refractivity contribution in [2.45, 2.75) is 50.4 Å². The van der Waals surface area contributed by atoms with E-state index in [1.807, 2.05) is 0 Å². The molecule has 68 valence electrons. The summed E-state index contributed by atoms with van der Waals surface area (Å²) in [6.07, 6.45) is 7.66. The first-order valence-electron chi connectivity index (χ1n) is 5.22. The smallest absolute Gasteiger partial charge is 0.0866 e. The molecule has 0 aromatic rings. The Bertz CT molecular complexity index is 181. The number of rotatable bonds is 0. The van der Waals surface area contributed by atoms with Gasteiger partial charge in [0.25, 0.3) is 0 Å². The number of hydrogen-bond acceptors (Lipinski definition) is 3. The van der Waals surface area contributed by atoms with Crippen molar-refractivity contribution in [2.24, 2.45) is 5.92 Å². The molecule has 0 spiro atoms. The second kappa shape index (κ2) is 2.69.